The molecule has 0 heterocycles. The van der Waals surface area contributed by atoms with Crippen molar-refractivity contribution in [3.63, 3.8) is 0 Å². The van der Waals surface area contributed by atoms with E-state index in [4.69, 9.17) is 14.2 Å². The van der Waals surface area contributed by atoms with E-state index in [1.165, 1.54) is 0 Å². The number of aryl methyl sites for hydroxylation is 2. The van der Waals surface area contributed by atoms with Crippen LogP contribution in [0.5, 0.6) is 17.2 Å². The summed E-state index contributed by atoms with van der Waals surface area (Å²) in [4.78, 5) is 12.4. The molecule has 1 N–H and O–H groups in total. The lowest BCUT2D eigenvalue weighted by Gasteiger charge is -2.13. The Kier molecular flexibility index (Phi) is 5.68. The molecule has 0 bridgehead atoms. The highest BCUT2D eigenvalue weighted by atomic mass is 16.5. The SMILES string of the molecule is COc1cc(OC)cc(C(=O)NCc2cc(C)c(C)cc2OC)c1. The second-order valence-corrected chi connectivity index (χ2v) is 5.53. The van der Waals surface area contributed by atoms with Crippen molar-refractivity contribution in [2.24, 2.45) is 0 Å². The standard InChI is InChI=1S/C19H23NO4/c1-12-6-15(18(24-5)7-13(12)2)11-20-19(21)14-8-16(22-3)10-17(9-14)23-4/h6-10H,11H2,1-5H3,(H,20,21). The van der Waals surface area contributed by atoms with E-state index in [1.807, 2.05) is 26.0 Å². The lowest BCUT2D eigenvalue weighted by atomic mass is 10.0. The first-order chi connectivity index (χ1) is 11.5. The van der Waals surface area contributed by atoms with Gasteiger partial charge in [-0.05, 0) is 43.2 Å². The summed E-state index contributed by atoms with van der Waals surface area (Å²) in [5.41, 5.74) is 3.72. The maximum Gasteiger partial charge on any atom is 0.251 e. The quantitative estimate of drug-likeness (QED) is 0.884. The highest BCUT2D eigenvalue weighted by Gasteiger charge is 2.12. The number of amides is 1. The monoisotopic (exact) mass is 329 g/mol. The third-order valence-electron chi connectivity index (χ3n) is 3.95. The van der Waals surface area contributed by atoms with Gasteiger partial charge in [-0.2, -0.15) is 0 Å². The smallest absolute Gasteiger partial charge is 0.251 e. The lowest BCUT2D eigenvalue weighted by molar-refractivity contribution is 0.0950. The number of rotatable bonds is 6. The molecule has 128 valence electrons. The maximum atomic E-state index is 12.4. The number of hydrogen-bond acceptors (Lipinski definition) is 4. The second kappa shape index (κ2) is 7.73. The number of carbonyl (C=O) groups excluding carboxylic acids is 1. The van der Waals surface area contributed by atoms with E-state index in [0.29, 0.717) is 23.6 Å². The molecule has 0 aliphatic carbocycles. The van der Waals surface area contributed by atoms with Crippen LogP contribution in [-0.2, 0) is 6.54 Å². The van der Waals surface area contributed by atoms with E-state index in [1.54, 1.807) is 39.5 Å². The zero-order valence-corrected chi connectivity index (χ0v) is 14.7. The summed E-state index contributed by atoms with van der Waals surface area (Å²) in [6.07, 6.45) is 0. The van der Waals surface area contributed by atoms with Crippen molar-refractivity contribution in [2.75, 3.05) is 21.3 Å². The molecule has 0 atom stereocenters. The molecule has 0 fully saturated rings. The molecule has 2 aromatic carbocycles. The van der Waals surface area contributed by atoms with E-state index in [2.05, 4.69) is 5.32 Å². The van der Waals surface area contributed by atoms with Crippen molar-refractivity contribution in [1.29, 1.82) is 0 Å². The van der Waals surface area contributed by atoms with Crippen LogP contribution in [0.2, 0.25) is 0 Å². The minimum absolute atomic E-state index is 0.201. The highest BCUT2D eigenvalue weighted by Crippen LogP contribution is 2.24. The highest BCUT2D eigenvalue weighted by molar-refractivity contribution is 5.95. The molecule has 0 aliphatic rings. The number of nitrogens with one attached hydrogen (secondary N) is 1. The van der Waals surface area contributed by atoms with Gasteiger partial charge in [-0.15, -0.1) is 0 Å². The zero-order valence-electron chi connectivity index (χ0n) is 14.7. The fraction of sp³-hybridized carbons (Fsp3) is 0.316. The Hall–Kier alpha value is -2.69. The van der Waals surface area contributed by atoms with Gasteiger partial charge in [0.1, 0.15) is 17.2 Å². The van der Waals surface area contributed by atoms with Crippen LogP contribution in [0.3, 0.4) is 0 Å². The van der Waals surface area contributed by atoms with Crippen LogP contribution < -0.4 is 19.5 Å². The molecule has 2 rings (SSSR count). The Balaban J connectivity index is 2.18. The van der Waals surface area contributed by atoms with Crippen LogP contribution >= 0.6 is 0 Å². The molecule has 0 spiro atoms. The van der Waals surface area contributed by atoms with E-state index >= 15 is 0 Å². The van der Waals surface area contributed by atoms with Gasteiger partial charge in [0, 0.05) is 23.7 Å². The molecule has 5 heteroatoms. The minimum atomic E-state index is -0.201. The average Bonchev–Trinajstić information content (AvgIpc) is 2.61. The van der Waals surface area contributed by atoms with Gasteiger partial charge >= 0.3 is 0 Å². The molecule has 0 aromatic heterocycles. The van der Waals surface area contributed by atoms with Crippen LogP contribution in [0.15, 0.2) is 30.3 Å². The molecule has 24 heavy (non-hydrogen) atoms. The first-order valence-corrected chi connectivity index (χ1v) is 7.64. The van der Waals surface area contributed by atoms with Gasteiger partial charge in [-0.1, -0.05) is 6.07 Å². The van der Waals surface area contributed by atoms with Gasteiger partial charge in [-0.25, -0.2) is 0 Å². The first kappa shape index (κ1) is 17.7. The number of carbonyl (C=O) groups is 1. The van der Waals surface area contributed by atoms with Gasteiger partial charge in [0.05, 0.1) is 21.3 Å². The van der Waals surface area contributed by atoms with Crippen molar-refractivity contribution in [2.45, 2.75) is 20.4 Å². The predicted molar refractivity (Wildman–Crippen MR) is 93.2 cm³/mol. The number of methoxy groups -OCH3 is 3. The number of benzene rings is 2. The number of ether oxygens (including phenoxy) is 3. The fourth-order valence-corrected chi connectivity index (χ4v) is 2.39. The summed E-state index contributed by atoms with van der Waals surface area (Å²) in [7, 11) is 4.73. The average molecular weight is 329 g/mol. The van der Waals surface area contributed by atoms with Gasteiger partial charge < -0.3 is 19.5 Å². The largest absolute Gasteiger partial charge is 0.497 e. The van der Waals surface area contributed by atoms with Gasteiger partial charge in [-0.3, -0.25) is 4.79 Å². The van der Waals surface area contributed by atoms with Gasteiger partial charge in [0.2, 0.25) is 0 Å². The van der Waals surface area contributed by atoms with Crippen LogP contribution in [0, 0.1) is 13.8 Å². The zero-order chi connectivity index (χ0) is 17.7. The summed E-state index contributed by atoms with van der Waals surface area (Å²) in [5, 5.41) is 2.91. The normalized spacial score (nSPS) is 10.2. The van der Waals surface area contributed by atoms with Crippen LogP contribution in [0.4, 0.5) is 0 Å². The van der Waals surface area contributed by atoms with Crippen LogP contribution in [0.25, 0.3) is 0 Å². The maximum absolute atomic E-state index is 12.4. The van der Waals surface area contributed by atoms with Crippen LogP contribution in [-0.4, -0.2) is 27.2 Å². The van der Waals surface area contributed by atoms with Crippen molar-refractivity contribution in [3.05, 3.63) is 52.6 Å². The summed E-state index contributed by atoms with van der Waals surface area (Å²) in [5.74, 6) is 1.71. The Morgan fingerprint density at radius 3 is 2.00 bits per heavy atom. The number of hydrogen-bond donors (Lipinski definition) is 1. The summed E-state index contributed by atoms with van der Waals surface area (Å²) in [6, 6.07) is 9.08. The molecular formula is C19H23NO4. The fourth-order valence-electron chi connectivity index (χ4n) is 2.39. The molecule has 5 nitrogen and oxygen atoms in total. The van der Waals surface area contributed by atoms with E-state index < -0.39 is 0 Å². The van der Waals surface area contributed by atoms with Gasteiger partial charge in [0.15, 0.2) is 0 Å². The summed E-state index contributed by atoms with van der Waals surface area (Å²) >= 11 is 0. The third kappa shape index (κ3) is 3.98. The second-order valence-electron chi connectivity index (χ2n) is 5.53. The van der Waals surface area contributed by atoms with E-state index in [0.717, 1.165) is 22.4 Å². The molecular weight excluding hydrogens is 306 g/mol. The van der Waals surface area contributed by atoms with Gasteiger partial charge in [0.25, 0.3) is 5.91 Å². The molecule has 0 saturated carbocycles. The predicted octanol–water partition coefficient (Wildman–Crippen LogP) is 3.26. The summed E-state index contributed by atoms with van der Waals surface area (Å²) in [6.45, 7) is 4.44. The van der Waals surface area contributed by atoms with Crippen molar-refractivity contribution in [3.8, 4) is 17.2 Å². The van der Waals surface area contributed by atoms with Crippen LogP contribution in [0.1, 0.15) is 27.0 Å². The molecule has 0 aliphatic heterocycles. The van der Waals surface area contributed by atoms with Crippen molar-refractivity contribution >= 4 is 5.91 Å². The molecule has 1 amide bonds. The molecule has 2 aromatic rings. The Morgan fingerprint density at radius 2 is 1.46 bits per heavy atom. The molecule has 0 unspecified atom stereocenters. The minimum Gasteiger partial charge on any atom is -0.497 e. The van der Waals surface area contributed by atoms with E-state index in [9.17, 15) is 4.79 Å². The topological polar surface area (TPSA) is 56.8 Å². The Bertz CT molecular complexity index is 718. The Morgan fingerprint density at radius 1 is 0.875 bits per heavy atom. The molecule has 0 radical (unpaired) electrons. The molecule has 0 saturated heterocycles. The lowest BCUT2D eigenvalue weighted by Crippen LogP contribution is -2.23. The first-order valence-electron chi connectivity index (χ1n) is 7.64. The van der Waals surface area contributed by atoms with E-state index in [-0.39, 0.29) is 5.91 Å². The third-order valence-corrected chi connectivity index (χ3v) is 3.95. The van der Waals surface area contributed by atoms with Crippen molar-refractivity contribution < 1.29 is 19.0 Å². The Labute approximate surface area is 142 Å². The van der Waals surface area contributed by atoms with Crippen molar-refractivity contribution in [1.82, 2.24) is 5.32 Å². The summed E-state index contributed by atoms with van der Waals surface area (Å²) < 4.78 is 15.8.